The number of nitriles is 1. The average molecular weight is 227 g/mol. The molecule has 0 aliphatic rings. The molecule has 0 radical (unpaired) electrons. The number of pyridine rings is 1. The third-order valence-electron chi connectivity index (χ3n) is 1.97. The first-order chi connectivity index (χ1) is 7.47. The number of rotatable bonds is 3. The van der Waals surface area contributed by atoms with Crippen LogP contribution in [0.15, 0.2) is 6.07 Å². The maximum absolute atomic E-state index is 12.5. The molecule has 0 aliphatic carbocycles. The summed E-state index contributed by atoms with van der Waals surface area (Å²) in [5.74, 6) is 0. The third-order valence-corrected chi connectivity index (χ3v) is 1.97. The molecule has 0 fully saturated rings. The summed E-state index contributed by atoms with van der Waals surface area (Å²) in [5.41, 5.74) is -1.10. The summed E-state index contributed by atoms with van der Waals surface area (Å²) in [6.45, 7) is 1.28. The summed E-state index contributed by atoms with van der Waals surface area (Å²) in [6.07, 6.45) is -3.17. The van der Waals surface area contributed by atoms with Gasteiger partial charge in [-0.25, -0.2) is 13.8 Å². The molecular formula is C9H7F2N3O2. The molecule has 0 amide bonds. The van der Waals surface area contributed by atoms with Crippen molar-refractivity contribution < 1.29 is 13.7 Å². The minimum absolute atomic E-state index is 0.0815. The van der Waals surface area contributed by atoms with E-state index >= 15 is 0 Å². The van der Waals surface area contributed by atoms with E-state index in [0.29, 0.717) is 0 Å². The molecule has 1 aromatic heterocycles. The molecule has 1 heterocycles. The van der Waals surface area contributed by atoms with Crippen LogP contribution in [0.2, 0.25) is 0 Å². The summed E-state index contributed by atoms with van der Waals surface area (Å²) < 4.78 is 25.0. The standard InChI is InChI=1S/C9H7F2N3O2/c1-5-7(14(15)16)4-6(2-3-12)8(13-5)9(10)11/h4,9H,2H2,1H3. The van der Waals surface area contributed by atoms with Crippen LogP contribution in [0.4, 0.5) is 14.5 Å². The highest BCUT2D eigenvalue weighted by atomic mass is 19.3. The normalized spacial score (nSPS) is 10.2. The van der Waals surface area contributed by atoms with Crippen molar-refractivity contribution in [1.29, 1.82) is 5.26 Å². The van der Waals surface area contributed by atoms with Gasteiger partial charge >= 0.3 is 0 Å². The van der Waals surface area contributed by atoms with Crippen molar-refractivity contribution >= 4 is 5.69 Å². The summed E-state index contributed by atoms with van der Waals surface area (Å²) >= 11 is 0. The molecule has 7 heteroatoms. The van der Waals surface area contributed by atoms with Crippen LogP contribution in [-0.2, 0) is 6.42 Å². The predicted octanol–water partition coefficient (Wildman–Crippen LogP) is 2.30. The fourth-order valence-corrected chi connectivity index (χ4v) is 1.25. The Morgan fingerprint density at radius 3 is 2.75 bits per heavy atom. The second-order valence-corrected chi connectivity index (χ2v) is 3.03. The van der Waals surface area contributed by atoms with Crippen molar-refractivity contribution in [1.82, 2.24) is 4.98 Å². The number of aryl methyl sites for hydroxylation is 1. The van der Waals surface area contributed by atoms with Gasteiger partial charge < -0.3 is 0 Å². The second kappa shape index (κ2) is 4.61. The van der Waals surface area contributed by atoms with Gasteiger partial charge in [-0.15, -0.1) is 0 Å². The molecule has 0 N–H and O–H groups in total. The van der Waals surface area contributed by atoms with E-state index in [0.717, 1.165) is 6.07 Å². The molecule has 16 heavy (non-hydrogen) atoms. The van der Waals surface area contributed by atoms with Crippen molar-refractivity contribution in [2.75, 3.05) is 0 Å². The van der Waals surface area contributed by atoms with Gasteiger partial charge in [0.15, 0.2) is 0 Å². The summed E-state index contributed by atoms with van der Waals surface area (Å²) in [7, 11) is 0. The van der Waals surface area contributed by atoms with Crippen LogP contribution in [0.1, 0.15) is 23.4 Å². The van der Waals surface area contributed by atoms with Crippen molar-refractivity contribution in [2.24, 2.45) is 0 Å². The predicted molar refractivity (Wildman–Crippen MR) is 49.9 cm³/mol. The largest absolute Gasteiger partial charge is 0.290 e. The van der Waals surface area contributed by atoms with Gasteiger partial charge in [0.25, 0.3) is 12.1 Å². The van der Waals surface area contributed by atoms with Crippen molar-refractivity contribution in [2.45, 2.75) is 19.8 Å². The topological polar surface area (TPSA) is 79.8 Å². The monoisotopic (exact) mass is 227 g/mol. The zero-order chi connectivity index (χ0) is 12.3. The Morgan fingerprint density at radius 2 is 2.31 bits per heavy atom. The highest BCUT2D eigenvalue weighted by molar-refractivity contribution is 5.41. The van der Waals surface area contributed by atoms with Crippen LogP contribution >= 0.6 is 0 Å². The zero-order valence-electron chi connectivity index (χ0n) is 8.28. The van der Waals surface area contributed by atoms with E-state index in [1.807, 2.05) is 0 Å². The third kappa shape index (κ3) is 2.28. The number of nitro groups is 1. The molecule has 0 saturated carbocycles. The fraction of sp³-hybridized carbons (Fsp3) is 0.333. The Bertz CT molecular complexity index is 469. The molecular weight excluding hydrogens is 220 g/mol. The number of aromatic nitrogens is 1. The molecule has 0 atom stereocenters. The van der Waals surface area contributed by atoms with Crippen molar-refractivity contribution in [3.8, 4) is 6.07 Å². The summed E-state index contributed by atoms with van der Waals surface area (Å²) in [6, 6.07) is 2.65. The molecule has 0 saturated heterocycles. The number of hydrogen-bond donors (Lipinski definition) is 0. The van der Waals surface area contributed by atoms with Crippen molar-refractivity contribution in [3.63, 3.8) is 0 Å². The van der Waals surface area contributed by atoms with Crippen LogP contribution in [-0.4, -0.2) is 9.91 Å². The molecule has 0 bridgehead atoms. The number of halogens is 2. The van der Waals surface area contributed by atoms with E-state index in [9.17, 15) is 18.9 Å². The number of hydrogen-bond acceptors (Lipinski definition) is 4. The lowest BCUT2D eigenvalue weighted by atomic mass is 10.1. The van der Waals surface area contributed by atoms with Crippen LogP contribution in [0.25, 0.3) is 0 Å². The van der Waals surface area contributed by atoms with E-state index in [2.05, 4.69) is 4.98 Å². The molecule has 0 aromatic carbocycles. The van der Waals surface area contributed by atoms with Gasteiger partial charge in [-0.1, -0.05) is 0 Å². The van der Waals surface area contributed by atoms with Gasteiger partial charge in [0.2, 0.25) is 0 Å². The van der Waals surface area contributed by atoms with E-state index in [1.54, 1.807) is 6.07 Å². The first-order valence-electron chi connectivity index (χ1n) is 4.27. The van der Waals surface area contributed by atoms with Crippen molar-refractivity contribution in [3.05, 3.63) is 33.1 Å². The lowest BCUT2D eigenvalue weighted by Gasteiger charge is -2.06. The van der Waals surface area contributed by atoms with Crippen LogP contribution in [0, 0.1) is 28.4 Å². The summed E-state index contributed by atoms with van der Waals surface area (Å²) in [4.78, 5) is 13.3. The van der Waals surface area contributed by atoms with Gasteiger partial charge in [0.05, 0.1) is 17.4 Å². The minimum atomic E-state index is -2.84. The van der Waals surface area contributed by atoms with Crippen LogP contribution in [0.5, 0.6) is 0 Å². The fourth-order valence-electron chi connectivity index (χ4n) is 1.25. The lowest BCUT2D eigenvalue weighted by Crippen LogP contribution is -2.03. The van der Waals surface area contributed by atoms with Gasteiger partial charge in [-0.05, 0) is 6.92 Å². The molecule has 1 rings (SSSR count). The molecule has 5 nitrogen and oxygen atoms in total. The first kappa shape index (κ1) is 12.0. The molecule has 1 aromatic rings. The number of nitrogens with zero attached hydrogens (tertiary/aromatic N) is 3. The maximum atomic E-state index is 12.5. The highest BCUT2D eigenvalue weighted by Crippen LogP contribution is 2.26. The van der Waals surface area contributed by atoms with E-state index in [-0.39, 0.29) is 23.4 Å². The first-order valence-corrected chi connectivity index (χ1v) is 4.27. The van der Waals surface area contributed by atoms with Gasteiger partial charge in [-0.2, -0.15) is 5.26 Å². The SMILES string of the molecule is Cc1nc(C(F)F)c(CC#N)cc1[N+](=O)[O-]. The average Bonchev–Trinajstić information content (AvgIpc) is 2.19. The second-order valence-electron chi connectivity index (χ2n) is 3.03. The van der Waals surface area contributed by atoms with E-state index in [4.69, 9.17) is 5.26 Å². The summed E-state index contributed by atoms with van der Waals surface area (Å²) in [5, 5.41) is 19.0. The Hall–Kier alpha value is -2.10. The Kier molecular flexibility index (Phi) is 3.45. The molecule has 0 aliphatic heterocycles. The van der Waals surface area contributed by atoms with Gasteiger partial charge in [0.1, 0.15) is 11.4 Å². The minimum Gasteiger partial charge on any atom is -0.258 e. The van der Waals surface area contributed by atoms with Gasteiger partial charge in [-0.3, -0.25) is 10.1 Å². The zero-order valence-corrected chi connectivity index (χ0v) is 8.28. The van der Waals surface area contributed by atoms with E-state index < -0.39 is 17.0 Å². The maximum Gasteiger partial charge on any atom is 0.290 e. The van der Waals surface area contributed by atoms with E-state index in [1.165, 1.54) is 6.92 Å². The number of alkyl halides is 2. The van der Waals surface area contributed by atoms with Gasteiger partial charge in [0, 0.05) is 11.6 Å². The molecule has 0 unspecified atom stereocenters. The quantitative estimate of drug-likeness (QED) is 0.586. The Labute approximate surface area is 89.5 Å². The lowest BCUT2D eigenvalue weighted by molar-refractivity contribution is -0.385. The Morgan fingerprint density at radius 1 is 1.69 bits per heavy atom. The molecule has 84 valence electrons. The van der Waals surface area contributed by atoms with Crippen LogP contribution in [0.3, 0.4) is 0 Å². The highest BCUT2D eigenvalue weighted by Gasteiger charge is 2.21. The smallest absolute Gasteiger partial charge is 0.258 e. The van der Waals surface area contributed by atoms with Crippen LogP contribution < -0.4 is 0 Å². The Balaban J connectivity index is 3.38. The molecule has 0 spiro atoms.